The fourth-order valence-electron chi connectivity index (χ4n) is 3.40. The van der Waals surface area contributed by atoms with Crippen molar-refractivity contribution in [1.82, 2.24) is 4.90 Å². The first-order valence-corrected chi connectivity index (χ1v) is 9.53. The number of carboxylic acids is 1. The molecule has 1 aliphatic rings. The monoisotopic (exact) mass is 459 g/mol. The van der Waals surface area contributed by atoms with Gasteiger partial charge in [0.2, 0.25) is 0 Å². The molecule has 1 aliphatic heterocycles. The molecule has 0 radical (unpaired) electrons. The largest absolute Gasteiger partial charge is 0.491 e. The van der Waals surface area contributed by atoms with Crippen LogP contribution in [0.4, 0.5) is 17.6 Å². The molecule has 3 rings (SSSR count). The Kier molecular flexibility index (Phi) is 8.88. The lowest BCUT2D eigenvalue weighted by molar-refractivity contribution is -0.143. The van der Waals surface area contributed by atoms with E-state index < -0.39 is 35.2 Å². The second-order valence-electron chi connectivity index (χ2n) is 7.13. The first kappa shape index (κ1) is 24.7. The number of halogens is 5. The molecule has 2 aromatic carbocycles. The van der Waals surface area contributed by atoms with Gasteiger partial charge in [0.25, 0.3) is 0 Å². The van der Waals surface area contributed by atoms with Gasteiger partial charge in [-0.25, -0.2) is 17.6 Å². The molecule has 168 valence electrons. The minimum Gasteiger partial charge on any atom is -0.491 e. The Bertz CT molecular complexity index is 954. The highest BCUT2D eigenvalue weighted by Crippen LogP contribution is 2.25. The fraction of sp³-hybridized carbons (Fsp3) is 0.318. The Labute approximate surface area is 183 Å². The van der Waals surface area contributed by atoms with Gasteiger partial charge < -0.3 is 9.84 Å². The van der Waals surface area contributed by atoms with Crippen LogP contribution in [-0.2, 0) is 9.53 Å². The van der Waals surface area contributed by atoms with E-state index in [0.29, 0.717) is 32.1 Å². The van der Waals surface area contributed by atoms with Crippen LogP contribution >= 0.6 is 12.4 Å². The van der Waals surface area contributed by atoms with Crippen molar-refractivity contribution in [2.24, 2.45) is 5.92 Å². The molecule has 1 fully saturated rings. The Morgan fingerprint density at radius 1 is 1.10 bits per heavy atom. The maximum atomic E-state index is 14.3. The molecule has 31 heavy (non-hydrogen) atoms. The van der Waals surface area contributed by atoms with Crippen molar-refractivity contribution in [3.8, 4) is 0 Å². The highest BCUT2D eigenvalue weighted by Gasteiger charge is 2.25. The summed E-state index contributed by atoms with van der Waals surface area (Å²) < 4.78 is 60.8. The molecule has 4 nitrogen and oxygen atoms in total. The predicted molar refractivity (Wildman–Crippen MR) is 111 cm³/mol. The smallest absolute Gasteiger partial charge is 0.307 e. The van der Waals surface area contributed by atoms with Crippen molar-refractivity contribution in [2.75, 3.05) is 26.2 Å². The first-order valence-electron chi connectivity index (χ1n) is 9.53. The van der Waals surface area contributed by atoms with Crippen molar-refractivity contribution < 1.29 is 32.2 Å². The van der Waals surface area contributed by atoms with E-state index >= 15 is 0 Å². The van der Waals surface area contributed by atoms with Gasteiger partial charge in [-0.15, -0.1) is 12.4 Å². The van der Waals surface area contributed by atoms with Crippen molar-refractivity contribution in [2.45, 2.75) is 12.8 Å². The van der Waals surface area contributed by atoms with Crippen LogP contribution in [0.25, 0.3) is 11.8 Å². The molecular weight excluding hydrogens is 438 g/mol. The highest BCUT2D eigenvalue weighted by atomic mass is 35.5. The number of benzene rings is 2. The maximum absolute atomic E-state index is 14.3. The van der Waals surface area contributed by atoms with E-state index in [2.05, 4.69) is 0 Å². The molecule has 0 aliphatic carbocycles. The molecule has 0 aromatic heterocycles. The van der Waals surface area contributed by atoms with Crippen LogP contribution in [0, 0.1) is 29.2 Å². The van der Waals surface area contributed by atoms with Crippen molar-refractivity contribution in [3.05, 3.63) is 70.8 Å². The van der Waals surface area contributed by atoms with E-state index in [0.717, 1.165) is 42.8 Å². The summed E-state index contributed by atoms with van der Waals surface area (Å²) in [4.78, 5) is 13.1. The normalized spacial score (nSPS) is 17.2. The number of carboxylic acid groups (broad SMARTS) is 1. The summed E-state index contributed by atoms with van der Waals surface area (Å²) in [6, 6.07) is 5.73. The van der Waals surface area contributed by atoms with E-state index in [-0.39, 0.29) is 35.9 Å². The Morgan fingerprint density at radius 2 is 1.81 bits per heavy atom. The predicted octanol–water partition coefficient (Wildman–Crippen LogP) is 4.98. The standard InChI is InChI=1S/C22H21F4NO3.ClH/c23-16-4-6-19(25)15(10-16)11-21(18-5-3-17(24)12-20(18)26)30-9-8-27-7-1-2-14(13-27)22(28)29;/h3-6,10-12,14H,1-2,7-9,13H2,(H,28,29);1H/t14-;/m1./s1. The number of carbonyl (C=O) groups is 1. The molecule has 0 unspecified atom stereocenters. The number of rotatable bonds is 7. The number of hydrogen-bond donors (Lipinski definition) is 1. The van der Waals surface area contributed by atoms with Crippen LogP contribution in [-0.4, -0.2) is 42.2 Å². The third kappa shape index (κ3) is 6.70. The molecule has 1 atom stereocenters. The number of likely N-dealkylation sites (tertiary alicyclic amines) is 1. The van der Waals surface area contributed by atoms with Gasteiger partial charge in [0.1, 0.15) is 35.6 Å². The molecule has 2 aromatic rings. The minimum absolute atomic E-state index is 0. The third-order valence-corrected chi connectivity index (χ3v) is 4.96. The SMILES string of the molecule is Cl.O=C(O)[C@@H]1CCCN(CCOC(=Cc2cc(F)ccc2F)c2ccc(F)cc2F)C1. The van der Waals surface area contributed by atoms with Crippen LogP contribution in [0.5, 0.6) is 0 Å². The quantitative estimate of drug-likeness (QED) is 0.360. The van der Waals surface area contributed by atoms with Gasteiger partial charge in [-0.1, -0.05) is 0 Å². The molecule has 9 heteroatoms. The van der Waals surface area contributed by atoms with E-state index in [9.17, 15) is 27.5 Å². The lowest BCUT2D eigenvalue weighted by atomic mass is 9.98. The van der Waals surface area contributed by atoms with Gasteiger partial charge in [-0.2, -0.15) is 0 Å². The number of hydrogen-bond acceptors (Lipinski definition) is 3. The summed E-state index contributed by atoms with van der Waals surface area (Å²) in [5.41, 5.74) is -0.236. The zero-order chi connectivity index (χ0) is 21.7. The summed E-state index contributed by atoms with van der Waals surface area (Å²) >= 11 is 0. The van der Waals surface area contributed by atoms with Crippen LogP contribution in [0.3, 0.4) is 0 Å². The van der Waals surface area contributed by atoms with Crippen LogP contribution < -0.4 is 0 Å². The van der Waals surface area contributed by atoms with Gasteiger partial charge in [0.05, 0.1) is 11.5 Å². The molecule has 0 saturated carbocycles. The third-order valence-electron chi connectivity index (χ3n) is 4.96. The lowest BCUT2D eigenvalue weighted by Crippen LogP contribution is -2.40. The highest BCUT2D eigenvalue weighted by molar-refractivity contribution is 5.85. The summed E-state index contributed by atoms with van der Waals surface area (Å²) in [5, 5.41) is 9.18. The number of nitrogens with zero attached hydrogens (tertiary/aromatic N) is 1. The average molecular weight is 460 g/mol. The molecular formula is C22H22ClF4NO3. The molecule has 1 saturated heterocycles. The second-order valence-corrected chi connectivity index (χ2v) is 7.13. The summed E-state index contributed by atoms with van der Waals surface area (Å²) in [5.74, 6) is -4.46. The van der Waals surface area contributed by atoms with Crippen molar-refractivity contribution >= 4 is 30.2 Å². The van der Waals surface area contributed by atoms with Crippen LogP contribution in [0.2, 0.25) is 0 Å². The molecule has 0 spiro atoms. The fourth-order valence-corrected chi connectivity index (χ4v) is 3.40. The minimum atomic E-state index is -0.901. The van der Waals surface area contributed by atoms with Gasteiger partial charge in [-0.3, -0.25) is 9.69 Å². The molecule has 1 N–H and O–H groups in total. The Balaban J connectivity index is 0.00000341. The van der Waals surface area contributed by atoms with Crippen molar-refractivity contribution in [3.63, 3.8) is 0 Å². The van der Waals surface area contributed by atoms with Gasteiger partial charge in [0.15, 0.2) is 0 Å². The Morgan fingerprint density at radius 3 is 2.52 bits per heavy atom. The van der Waals surface area contributed by atoms with E-state index in [4.69, 9.17) is 4.74 Å². The first-order chi connectivity index (χ1) is 14.3. The summed E-state index contributed by atoms with van der Waals surface area (Å²) in [7, 11) is 0. The number of piperidine rings is 1. The summed E-state index contributed by atoms with van der Waals surface area (Å²) in [6.45, 7) is 1.51. The Hall–Kier alpha value is -2.58. The van der Waals surface area contributed by atoms with Gasteiger partial charge in [-0.05, 0) is 55.8 Å². The van der Waals surface area contributed by atoms with Crippen LogP contribution in [0.1, 0.15) is 24.0 Å². The number of aliphatic carboxylic acids is 1. The average Bonchev–Trinajstić information content (AvgIpc) is 2.70. The van der Waals surface area contributed by atoms with Gasteiger partial charge >= 0.3 is 5.97 Å². The van der Waals surface area contributed by atoms with E-state index in [1.165, 1.54) is 0 Å². The molecule has 1 heterocycles. The van der Waals surface area contributed by atoms with Gasteiger partial charge in [0, 0.05) is 24.7 Å². The number of ether oxygens (including phenoxy) is 1. The summed E-state index contributed by atoms with van der Waals surface area (Å²) in [6.07, 6.45) is 2.50. The molecule has 0 bridgehead atoms. The second kappa shape index (κ2) is 11.2. The topological polar surface area (TPSA) is 49.8 Å². The zero-order valence-corrected chi connectivity index (χ0v) is 17.3. The van der Waals surface area contributed by atoms with Crippen LogP contribution in [0.15, 0.2) is 36.4 Å². The van der Waals surface area contributed by atoms with E-state index in [1.807, 2.05) is 4.90 Å². The maximum Gasteiger partial charge on any atom is 0.307 e. The van der Waals surface area contributed by atoms with E-state index in [1.54, 1.807) is 0 Å². The molecule has 0 amide bonds. The van der Waals surface area contributed by atoms with Crippen molar-refractivity contribution in [1.29, 1.82) is 0 Å². The zero-order valence-electron chi connectivity index (χ0n) is 16.5. The lowest BCUT2D eigenvalue weighted by Gasteiger charge is -2.30.